The quantitative estimate of drug-likeness (QED) is 0.781. The Bertz CT molecular complexity index is 574. The summed E-state index contributed by atoms with van der Waals surface area (Å²) in [4.78, 5) is 3.62. The Labute approximate surface area is 103 Å². The summed E-state index contributed by atoms with van der Waals surface area (Å²) in [5.41, 5.74) is 0.908. The van der Waals surface area contributed by atoms with Crippen LogP contribution in [0, 0.1) is 5.95 Å². The lowest BCUT2D eigenvalue weighted by atomic mass is 10.2. The minimum absolute atomic E-state index is 0.241. The highest BCUT2D eigenvalue weighted by atomic mass is 19.1. The Morgan fingerprint density at radius 2 is 2.06 bits per heavy atom. The van der Waals surface area contributed by atoms with E-state index in [9.17, 15) is 4.39 Å². The van der Waals surface area contributed by atoms with Crippen LogP contribution in [0.15, 0.2) is 36.4 Å². The number of hydrogen-bond acceptors (Lipinski definition) is 4. The van der Waals surface area contributed by atoms with E-state index in [0.29, 0.717) is 12.4 Å². The second-order valence-corrected chi connectivity index (χ2v) is 3.77. The van der Waals surface area contributed by atoms with Gasteiger partial charge in [0.15, 0.2) is 11.5 Å². The van der Waals surface area contributed by atoms with Crippen molar-refractivity contribution in [2.45, 2.75) is 6.61 Å². The fourth-order valence-corrected chi connectivity index (χ4v) is 1.66. The molecule has 0 fully saturated rings. The summed E-state index contributed by atoms with van der Waals surface area (Å²) in [7, 11) is 0. The lowest BCUT2D eigenvalue weighted by Crippen LogP contribution is -1.98. The standard InChI is InChI=1S/C13H10FNO3/c14-12-2-1-3-13(15-12)16-7-9-4-5-10-11(6-9)18-8-17-10/h1-6H,7-8H2. The van der Waals surface area contributed by atoms with Crippen molar-refractivity contribution < 1.29 is 18.6 Å². The topological polar surface area (TPSA) is 40.6 Å². The minimum Gasteiger partial charge on any atom is -0.473 e. The van der Waals surface area contributed by atoms with E-state index in [1.54, 1.807) is 12.1 Å². The van der Waals surface area contributed by atoms with Crippen LogP contribution in [0.5, 0.6) is 17.4 Å². The van der Waals surface area contributed by atoms with Crippen molar-refractivity contribution in [3.8, 4) is 17.4 Å². The third-order valence-corrected chi connectivity index (χ3v) is 2.51. The number of hydrogen-bond donors (Lipinski definition) is 0. The first kappa shape index (κ1) is 10.8. The Morgan fingerprint density at radius 1 is 1.17 bits per heavy atom. The molecule has 0 saturated carbocycles. The molecule has 0 radical (unpaired) electrons. The molecule has 5 heteroatoms. The summed E-state index contributed by atoms with van der Waals surface area (Å²) in [6, 6.07) is 9.95. The number of benzene rings is 1. The van der Waals surface area contributed by atoms with Gasteiger partial charge in [0, 0.05) is 6.07 Å². The number of nitrogens with zero attached hydrogens (tertiary/aromatic N) is 1. The third kappa shape index (κ3) is 2.20. The molecule has 3 rings (SSSR count). The maximum absolute atomic E-state index is 12.8. The van der Waals surface area contributed by atoms with Gasteiger partial charge in [0.05, 0.1) is 0 Å². The number of aromatic nitrogens is 1. The van der Waals surface area contributed by atoms with Crippen LogP contribution in [0.3, 0.4) is 0 Å². The largest absolute Gasteiger partial charge is 0.473 e. The van der Waals surface area contributed by atoms with Crippen LogP contribution in [0.4, 0.5) is 4.39 Å². The average molecular weight is 247 g/mol. The molecule has 0 aliphatic carbocycles. The molecule has 1 aliphatic heterocycles. The predicted octanol–water partition coefficient (Wildman–Crippen LogP) is 2.53. The molecule has 92 valence electrons. The number of ether oxygens (including phenoxy) is 3. The van der Waals surface area contributed by atoms with Crippen LogP contribution in [0.1, 0.15) is 5.56 Å². The van der Waals surface area contributed by atoms with Gasteiger partial charge in [0.1, 0.15) is 6.61 Å². The van der Waals surface area contributed by atoms with Gasteiger partial charge >= 0.3 is 0 Å². The van der Waals surface area contributed by atoms with Crippen molar-refractivity contribution in [3.63, 3.8) is 0 Å². The summed E-state index contributed by atoms with van der Waals surface area (Å²) in [6.45, 7) is 0.540. The molecule has 2 aromatic rings. The van der Waals surface area contributed by atoms with Gasteiger partial charge < -0.3 is 14.2 Å². The summed E-state index contributed by atoms with van der Waals surface area (Å²) in [5, 5.41) is 0. The van der Waals surface area contributed by atoms with Crippen molar-refractivity contribution in [3.05, 3.63) is 47.9 Å². The van der Waals surface area contributed by atoms with Gasteiger partial charge in [-0.1, -0.05) is 12.1 Å². The van der Waals surface area contributed by atoms with Crippen LogP contribution < -0.4 is 14.2 Å². The molecule has 1 aromatic carbocycles. The van der Waals surface area contributed by atoms with Crippen LogP contribution in [-0.2, 0) is 6.61 Å². The number of halogens is 1. The third-order valence-electron chi connectivity index (χ3n) is 2.51. The highest BCUT2D eigenvalue weighted by molar-refractivity contribution is 5.44. The maximum atomic E-state index is 12.8. The van der Waals surface area contributed by atoms with E-state index < -0.39 is 5.95 Å². The molecule has 0 amide bonds. The lowest BCUT2D eigenvalue weighted by molar-refractivity contribution is 0.174. The van der Waals surface area contributed by atoms with E-state index in [4.69, 9.17) is 14.2 Å². The van der Waals surface area contributed by atoms with Crippen molar-refractivity contribution in [1.29, 1.82) is 0 Å². The van der Waals surface area contributed by atoms with E-state index in [-0.39, 0.29) is 12.7 Å². The van der Waals surface area contributed by atoms with Crippen LogP contribution in [-0.4, -0.2) is 11.8 Å². The van der Waals surface area contributed by atoms with Gasteiger partial charge in [-0.2, -0.15) is 9.37 Å². The Morgan fingerprint density at radius 3 is 2.94 bits per heavy atom. The van der Waals surface area contributed by atoms with Crippen molar-refractivity contribution in [2.24, 2.45) is 0 Å². The van der Waals surface area contributed by atoms with E-state index >= 15 is 0 Å². The highest BCUT2D eigenvalue weighted by Gasteiger charge is 2.13. The van der Waals surface area contributed by atoms with Gasteiger partial charge in [0.2, 0.25) is 18.6 Å². The van der Waals surface area contributed by atoms with Crippen molar-refractivity contribution >= 4 is 0 Å². The second-order valence-electron chi connectivity index (χ2n) is 3.77. The zero-order valence-electron chi connectivity index (χ0n) is 9.43. The summed E-state index contributed by atoms with van der Waals surface area (Å²) in [6.07, 6.45) is 0. The molecule has 0 atom stereocenters. The summed E-state index contributed by atoms with van der Waals surface area (Å²) >= 11 is 0. The molecule has 0 spiro atoms. The zero-order chi connectivity index (χ0) is 12.4. The monoisotopic (exact) mass is 247 g/mol. The zero-order valence-corrected chi connectivity index (χ0v) is 9.43. The fraction of sp³-hybridized carbons (Fsp3) is 0.154. The van der Waals surface area contributed by atoms with Gasteiger partial charge in [-0.3, -0.25) is 0 Å². The molecule has 2 heterocycles. The van der Waals surface area contributed by atoms with Gasteiger partial charge in [-0.05, 0) is 23.8 Å². The maximum Gasteiger partial charge on any atom is 0.231 e. The first-order valence-corrected chi connectivity index (χ1v) is 5.45. The first-order valence-electron chi connectivity index (χ1n) is 5.45. The molecule has 0 unspecified atom stereocenters. The van der Waals surface area contributed by atoms with Crippen LogP contribution in [0.25, 0.3) is 0 Å². The molecular formula is C13H10FNO3. The molecule has 1 aromatic heterocycles. The number of rotatable bonds is 3. The SMILES string of the molecule is Fc1cccc(OCc2ccc3c(c2)OCO3)n1. The molecule has 0 saturated heterocycles. The molecule has 0 bridgehead atoms. The summed E-state index contributed by atoms with van der Waals surface area (Å²) in [5.74, 6) is 1.12. The van der Waals surface area contributed by atoms with E-state index in [0.717, 1.165) is 11.3 Å². The van der Waals surface area contributed by atoms with Crippen molar-refractivity contribution in [2.75, 3.05) is 6.79 Å². The molecular weight excluding hydrogens is 237 g/mol. The van der Waals surface area contributed by atoms with Gasteiger partial charge in [-0.15, -0.1) is 0 Å². The van der Waals surface area contributed by atoms with E-state index in [1.165, 1.54) is 6.07 Å². The fourth-order valence-electron chi connectivity index (χ4n) is 1.66. The minimum atomic E-state index is -0.557. The Hall–Kier alpha value is -2.30. The lowest BCUT2D eigenvalue weighted by Gasteiger charge is -2.05. The average Bonchev–Trinajstić information content (AvgIpc) is 2.84. The Balaban J connectivity index is 1.70. The Kier molecular flexibility index (Phi) is 2.72. The first-order chi connectivity index (χ1) is 8.81. The summed E-state index contributed by atoms with van der Waals surface area (Å²) < 4.78 is 28.7. The van der Waals surface area contributed by atoms with E-state index in [1.807, 2.05) is 18.2 Å². The van der Waals surface area contributed by atoms with Crippen molar-refractivity contribution in [1.82, 2.24) is 4.98 Å². The normalized spacial score (nSPS) is 12.5. The smallest absolute Gasteiger partial charge is 0.231 e. The van der Waals surface area contributed by atoms with Gasteiger partial charge in [-0.25, -0.2) is 0 Å². The predicted molar refractivity (Wildman–Crippen MR) is 61.1 cm³/mol. The highest BCUT2D eigenvalue weighted by Crippen LogP contribution is 2.32. The van der Waals surface area contributed by atoms with Gasteiger partial charge in [0.25, 0.3) is 0 Å². The number of fused-ring (bicyclic) bond motifs is 1. The van der Waals surface area contributed by atoms with Crippen LogP contribution in [0.2, 0.25) is 0 Å². The number of pyridine rings is 1. The van der Waals surface area contributed by atoms with E-state index in [2.05, 4.69) is 4.98 Å². The molecule has 4 nitrogen and oxygen atoms in total. The van der Waals surface area contributed by atoms with Crippen LogP contribution >= 0.6 is 0 Å². The molecule has 18 heavy (non-hydrogen) atoms. The second kappa shape index (κ2) is 4.52. The molecule has 0 N–H and O–H groups in total. The molecule has 1 aliphatic rings.